The van der Waals surface area contributed by atoms with E-state index in [0.29, 0.717) is 13.1 Å². The molecular formula is C13H19ClF3N5O. The molecule has 1 unspecified atom stereocenters. The topological polar surface area (TPSA) is 78.9 Å². The van der Waals surface area contributed by atoms with Crippen LogP contribution in [-0.4, -0.2) is 42.1 Å². The van der Waals surface area contributed by atoms with Gasteiger partial charge in [-0.25, -0.2) is 9.97 Å². The first-order chi connectivity index (χ1) is 10.5. The Bertz CT molecular complexity index is 509. The van der Waals surface area contributed by atoms with Gasteiger partial charge in [-0.15, -0.1) is 12.4 Å². The van der Waals surface area contributed by atoms with Gasteiger partial charge in [0.25, 0.3) is 0 Å². The second-order valence-electron chi connectivity index (χ2n) is 5.02. The van der Waals surface area contributed by atoms with Crippen molar-refractivity contribution in [3.05, 3.63) is 18.0 Å². The Balaban J connectivity index is 0.00000264. The fourth-order valence-corrected chi connectivity index (χ4v) is 2.18. The predicted octanol–water partition coefficient (Wildman–Crippen LogP) is 1.44. The maximum atomic E-state index is 12.5. The number of carbonyl (C=O) groups excluding carboxylic acids is 1. The quantitative estimate of drug-likeness (QED) is 0.698. The molecule has 3 N–H and O–H groups in total. The van der Waals surface area contributed by atoms with E-state index in [1.54, 1.807) is 0 Å². The van der Waals surface area contributed by atoms with E-state index in [2.05, 4.69) is 25.9 Å². The summed E-state index contributed by atoms with van der Waals surface area (Å²) < 4.78 is 37.5. The maximum absolute atomic E-state index is 12.5. The summed E-state index contributed by atoms with van der Waals surface area (Å²) in [5, 5.41) is 8.56. The van der Waals surface area contributed by atoms with Crippen LogP contribution in [0.5, 0.6) is 0 Å². The number of carbonyl (C=O) groups is 1. The Morgan fingerprint density at radius 1 is 1.39 bits per heavy atom. The van der Waals surface area contributed by atoms with E-state index in [1.807, 2.05) is 0 Å². The number of halogens is 4. The second-order valence-corrected chi connectivity index (χ2v) is 5.02. The molecule has 23 heavy (non-hydrogen) atoms. The molecule has 1 aromatic rings. The van der Waals surface area contributed by atoms with Crippen LogP contribution in [0.1, 0.15) is 18.5 Å². The maximum Gasteiger partial charge on any atom is 0.433 e. The lowest BCUT2D eigenvalue weighted by Gasteiger charge is -2.21. The lowest BCUT2D eigenvalue weighted by Crippen LogP contribution is -2.41. The molecular weight excluding hydrogens is 335 g/mol. The summed E-state index contributed by atoms with van der Waals surface area (Å²) in [5.74, 6) is -0.194. The summed E-state index contributed by atoms with van der Waals surface area (Å²) in [6.45, 7) is 2.15. The highest BCUT2D eigenvalue weighted by atomic mass is 35.5. The Kier molecular flexibility index (Phi) is 7.50. The molecule has 1 fully saturated rings. The predicted molar refractivity (Wildman–Crippen MR) is 81.4 cm³/mol. The molecule has 2 rings (SSSR count). The standard InChI is InChI=1S/C13H18F3N5O.ClH/c14-13(15,16)10-3-5-19-12(21-10)20-7-6-18-11(22)9-2-1-4-17-8-9;/h3,5,9,17H,1-2,4,6-8H2,(H,18,22)(H,19,20,21);1H. The van der Waals surface area contributed by atoms with E-state index in [1.165, 1.54) is 0 Å². The Morgan fingerprint density at radius 3 is 2.83 bits per heavy atom. The third-order valence-corrected chi connectivity index (χ3v) is 3.32. The third-order valence-electron chi connectivity index (χ3n) is 3.32. The van der Waals surface area contributed by atoms with Gasteiger partial charge in [0, 0.05) is 25.8 Å². The molecule has 1 aromatic heterocycles. The van der Waals surface area contributed by atoms with Crippen LogP contribution in [0.3, 0.4) is 0 Å². The van der Waals surface area contributed by atoms with E-state index >= 15 is 0 Å². The van der Waals surface area contributed by atoms with Crippen LogP contribution in [0.25, 0.3) is 0 Å². The first-order valence-corrected chi connectivity index (χ1v) is 7.09. The highest BCUT2D eigenvalue weighted by molar-refractivity contribution is 5.85. The minimum Gasteiger partial charge on any atom is -0.354 e. The van der Waals surface area contributed by atoms with Crippen LogP contribution in [0.15, 0.2) is 12.3 Å². The van der Waals surface area contributed by atoms with Gasteiger partial charge in [0.1, 0.15) is 5.69 Å². The van der Waals surface area contributed by atoms with Gasteiger partial charge in [-0.2, -0.15) is 13.2 Å². The van der Waals surface area contributed by atoms with Gasteiger partial charge in [-0.1, -0.05) is 0 Å². The number of nitrogens with zero attached hydrogens (tertiary/aromatic N) is 2. The van der Waals surface area contributed by atoms with E-state index < -0.39 is 11.9 Å². The number of hydrogen-bond donors (Lipinski definition) is 3. The molecule has 1 atom stereocenters. The summed E-state index contributed by atoms with van der Waals surface area (Å²) >= 11 is 0. The fourth-order valence-electron chi connectivity index (χ4n) is 2.18. The van der Waals surface area contributed by atoms with Crippen molar-refractivity contribution in [2.24, 2.45) is 5.92 Å². The summed E-state index contributed by atoms with van der Waals surface area (Å²) in [4.78, 5) is 18.9. The van der Waals surface area contributed by atoms with Crippen LogP contribution in [0, 0.1) is 5.92 Å². The van der Waals surface area contributed by atoms with E-state index in [-0.39, 0.29) is 36.7 Å². The van der Waals surface area contributed by atoms with Crippen molar-refractivity contribution >= 4 is 24.3 Å². The summed E-state index contributed by atoms with van der Waals surface area (Å²) in [6.07, 6.45) is -1.64. The smallest absolute Gasteiger partial charge is 0.354 e. The molecule has 1 aliphatic rings. The number of aromatic nitrogens is 2. The minimum atomic E-state index is -4.50. The number of piperidine rings is 1. The number of alkyl halides is 3. The minimum absolute atomic E-state index is 0. The zero-order valence-electron chi connectivity index (χ0n) is 12.3. The van der Waals surface area contributed by atoms with Gasteiger partial charge in [0.15, 0.2) is 0 Å². The fraction of sp³-hybridized carbons (Fsp3) is 0.615. The van der Waals surface area contributed by atoms with Crippen LogP contribution in [-0.2, 0) is 11.0 Å². The van der Waals surface area contributed by atoms with Crippen molar-refractivity contribution in [3.8, 4) is 0 Å². The van der Waals surface area contributed by atoms with Crippen molar-refractivity contribution in [3.63, 3.8) is 0 Å². The highest BCUT2D eigenvalue weighted by Gasteiger charge is 2.32. The molecule has 1 saturated heterocycles. The van der Waals surface area contributed by atoms with E-state index in [0.717, 1.165) is 31.6 Å². The Morgan fingerprint density at radius 2 is 2.17 bits per heavy atom. The number of hydrogen-bond acceptors (Lipinski definition) is 5. The van der Waals surface area contributed by atoms with Gasteiger partial charge in [-0.3, -0.25) is 4.79 Å². The molecule has 0 aliphatic carbocycles. The SMILES string of the molecule is Cl.O=C(NCCNc1nccc(C(F)(F)F)n1)C1CCCNC1. The first kappa shape index (κ1) is 19.4. The average molecular weight is 354 g/mol. The van der Waals surface area contributed by atoms with E-state index in [9.17, 15) is 18.0 Å². The second kappa shape index (κ2) is 8.88. The molecule has 0 bridgehead atoms. The van der Waals surface area contributed by atoms with Crippen molar-refractivity contribution in [2.75, 3.05) is 31.5 Å². The molecule has 0 radical (unpaired) electrons. The highest BCUT2D eigenvalue weighted by Crippen LogP contribution is 2.27. The normalized spacial score (nSPS) is 18.0. The third kappa shape index (κ3) is 6.19. The van der Waals surface area contributed by atoms with Gasteiger partial charge >= 0.3 is 6.18 Å². The van der Waals surface area contributed by atoms with E-state index in [4.69, 9.17) is 0 Å². The van der Waals surface area contributed by atoms with Crippen molar-refractivity contribution in [1.82, 2.24) is 20.6 Å². The largest absolute Gasteiger partial charge is 0.433 e. The average Bonchev–Trinajstić information content (AvgIpc) is 2.52. The molecule has 0 aromatic carbocycles. The van der Waals surface area contributed by atoms with Crippen LogP contribution < -0.4 is 16.0 Å². The van der Waals surface area contributed by atoms with Crippen LogP contribution in [0.2, 0.25) is 0 Å². The molecule has 0 saturated carbocycles. The Hall–Kier alpha value is -1.61. The summed E-state index contributed by atoms with van der Waals surface area (Å²) in [5.41, 5.74) is -0.998. The molecule has 0 spiro atoms. The van der Waals surface area contributed by atoms with Crippen molar-refractivity contribution in [2.45, 2.75) is 19.0 Å². The zero-order valence-corrected chi connectivity index (χ0v) is 13.1. The number of nitrogens with one attached hydrogen (secondary N) is 3. The lowest BCUT2D eigenvalue weighted by atomic mass is 9.99. The number of amides is 1. The molecule has 1 amide bonds. The number of anilines is 1. The summed E-state index contributed by atoms with van der Waals surface area (Å²) in [7, 11) is 0. The van der Waals surface area contributed by atoms with Gasteiger partial charge in [0.2, 0.25) is 11.9 Å². The monoisotopic (exact) mass is 353 g/mol. The van der Waals surface area contributed by atoms with Crippen LogP contribution >= 0.6 is 12.4 Å². The molecule has 130 valence electrons. The van der Waals surface area contributed by atoms with Gasteiger partial charge in [-0.05, 0) is 25.5 Å². The molecule has 2 heterocycles. The van der Waals surface area contributed by atoms with Gasteiger partial charge in [0.05, 0.1) is 5.92 Å². The Labute approximate surface area is 138 Å². The first-order valence-electron chi connectivity index (χ1n) is 7.09. The van der Waals surface area contributed by atoms with Crippen LogP contribution in [0.4, 0.5) is 19.1 Å². The molecule has 1 aliphatic heterocycles. The number of rotatable bonds is 5. The summed E-state index contributed by atoms with van der Waals surface area (Å²) in [6, 6.07) is 0.809. The zero-order chi connectivity index (χ0) is 16.0. The lowest BCUT2D eigenvalue weighted by molar-refractivity contribution is -0.141. The van der Waals surface area contributed by atoms with Crippen molar-refractivity contribution in [1.29, 1.82) is 0 Å². The molecule has 10 heteroatoms. The molecule has 6 nitrogen and oxygen atoms in total. The van der Waals surface area contributed by atoms with Crippen molar-refractivity contribution < 1.29 is 18.0 Å². The van der Waals surface area contributed by atoms with Gasteiger partial charge < -0.3 is 16.0 Å².